The Bertz CT molecular complexity index is 697. The third-order valence-corrected chi connectivity index (χ3v) is 4.77. The molecule has 0 aromatic heterocycles. The highest BCUT2D eigenvalue weighted by Crippen LogP contribution is 2.47. The van der Waals surface area contributed by atoms with E-state index in [9.17, 15) is 27.0 Å². The number of rotatable bonds is 3. The molecule has 2 nitrogen and oxygen atoms in total. The molecule has 2 rings (SSSR count). The van der Waals surface area contributed by atoms with Crippen molar-refractivity contribution < 1.29 is 27.0 Å². The van der Waals surface area contributed by atoms with Gasteiger partial charge in [0.25, 0.3) is 0 Å². The molecule has 2 aromatic rings. The zero-order valence-corrected chi connectivity index (χ0v) is 11.5. The molecule has 7 heteroatoms. The molecule has 1 atom stereocenters. The molecule has 1 N–H and O–H groups in total. The van der Waals surface area contributed by atoms with E-state index in [1.807, 2.05) is 0 Å². The second-order valence-corrected chi connectivity index (χ2v) is 6.67. The summed E-state index contributed by atoms with van der Waals surface area (Å²) in [4.78, 5) is 9.77. The quantitative estimate of drug-likeness (QED) is 0.687. The molecule has 2 aromatic carbocycles. The predicted octanol–water partition coefficient (Wildman–Crippen LogP) is 3.95. The first-order valence-electron chi connectivity index (χ1n) is 5.94. The Balaban J connectivity index is 2.57. The van der Waals surface area contributed by atoms with Crippen molar-refractivity contribution in [1.29, 1.82) is 0 Å². The van der Waals surface area contributed by atoms with Gasteiger partial charge in [-0.3, -0.25) is 4.57 Å². The van der Waals surface area contributed by atoms with Gasteiger partial charge in [-0.1, -0.05) is 36.4 Å². The average Bonchev–Trinajstić information content (AvgIpc) is 2.36. The van der Waals surface area contributed by atoms with Crippen molar-refractivity contribution in [3.05, 3.63) is 54.3 Å². The summed E-state index contributed by atoms with van der Waals surface area (Å²) in [5.41, 5.74) is -0.0183. The molecule has 1 unspecified atom stereocenters. The number of hydrogen-bond acceptors (Lipinski definition) is 1. The van der Waals surface area contributed by atoms with Crippen molar-refractivity contribution in [3.8, 4) is 11.1 Å². The summed E-state index contributed by atoms with van der Waals surface area (Å²) in [6, 6.07) is 10.7. The van der Waals surface area contributed by atoms with Crippen LogP contribution in [0.25, 0.3) is 11.1 Å². The molecule has 0 aliphatic heterocycles. The first-order chi connectivity index (χ1) is 9.71. The maximum absolute atomic E-state index is 13.8. The fourth-order valence-electron chi connectivity index (χ4n) is 2.01. The largest absolute Gasteiger partial charge is 0.398 e. The van der Waals surface area contributed by atoms with Gasteiger partial charge in [-0.25, -0.2) is 4.39 Å². The molecule has 0 amide bonds. The zero-order chi connectivity index (χ0) is 15.7. The van der Waals surface area contributed by atoms with Crippen molar-refractivity contribution in [2.24, 2.45) is 0 Å². The van der Waals surface area contributed by atoms with E-state index >= 15 is 0 Å². The lowest BCUT2D eigenvalue weighted by Crippen LogP contribution is -2.21. The van der Waals surface area contributed by atoms with Gasteiger partial charge in [-0.2, -0.15) is 13.2 Å². The molecule has 0 bridgehead atoms. The smallest absolute Gasteiger partial charge is 0.341 e. The lowest BCUT2D eigenvalue weighted by Gasteiger charge is -2.17. The standard InChI is InChI=1S/C14H11F4O2P/c15-12-7-3-1-5-10(12)11-6-2-4-8-13(11)21(19,20)9-14(16,17)18/h1-8H,9H2,(H,19,20). The molecule has 0 heterocycles. The number of halogens is 4. The normalized spacial score (nSPS) is 14.7. The first kappa shape index (κ1) is 15.7. The van der Waals surface area contributed by atoms with Crippen LogP contribution < -0.4 is 5.30 Å². The summed E-state index contributed by atoms with van der Waals surface area (Å²) in [6.07, 6.45) is -6.63. The van der Waals surface area contributed by atoms with Crippen LogP contribution in [-0.2, 0) is 4.57 Å². The van der Waals surface area contributed by atoms with Gasteiger partial charge in [0.2, 0.25) is 7.37 Å². The Hall–Kier alpha value is -1.65. The average molecular weight is 318 g/mol. The highest BCUT2D eigenvalue weighted by atomic mass is 31.2. The lowest BCUT2D eigenvalue weighted by molar-refractivity contribution is -0.107. The minimum atomic E-state index is -4.79. The number of benzene rings is 2. The fourth-order valence-corrected chi connectivity index (χ4v) is 3.56. The van der Waals surface area contributed by atoms with E-state index in [0.717, 1.165) is 12.1 Å². The van der Waals surface area contributed by atoms with Gasteiger partial charge >= 0.3 is 6.18 Å². The molecule has 0 saturated heterocycles. The monoisotopic (exact) mass is 318 g/mol. The SMILES string of the molecule is O=P(O)(CC(F)(F)F)c1ccccc1-c1ccccc1F. The van der Waals surface area contributed by atoms with Crippen LogP contribution in [0.1, 0.15) is 0 Å². The van der Waals surface area contributed by atoms with Crippen LogP contribution >= 0.6 is 7.37 Å². The molecule has 0 saturated carbocycles. The Labute approximate surface area is 118 Å². The maximum Gasteiger partial charge on any atom is 0.398 e. The van der Waals surface area contributed by atoms with Gasteiger partial charge in [-0.05, 0) is 17.7 Å². The van der Waals surface area contributed by atoms with Crippen LogP contribution in [0.4, 0.5) is 17.6 Å². The van der Waals surface area contributed by atoms with E-state index in [1.54, 1.807) is 0 Å². The second kappa shape index (κ2) is 5.62. The predicted molar refractivity (Wildman–Crippen MR) is 72.2 cm³/mol. The van der Waals surface area contributed by atoms with Crippen LogP contribution in [0.2, 0.25) is 0 Å². The van der Waals surface area contributed by atoms with Crippen molar-refractivity contribution in [2.75, 3.05) is 6.16 Å². The Morgan fingerprint density at radius 2 is 1.48 bits per heavy atom. The van der Waals surface area contributed by atoms with Gasteiger partial charge < -0.3 is 4.89 Å². The summed E-state index contributed by atoms with van der Waals surface area (Å²) >= 11 is 0. The Morgan fingerprint density at radius 1 is 0.952 bits per heavy atom. The van der Waals surface area contributed by atoms with E-state index in [2.05, 4.69) is 0 Å². The molecule has 0 aliphatic carbocycles. The van der Waals surface area contributed by atoms with Gasteiger partial charge in [0.1, 0.15) is 12.0 Å². The van der Waals surface area contributed by atoms with Gasteiger partial charge in [0.15, 0.2) is 0 Å². The molecule has 0 fully saturated rings. The minimum absolute atomic E-state index is 0.00863. The van der Waals surface area contributed by atoms with Crippen molar-refractivity contribution in [1.82, 2.24) is 0 Å². The molecule has 112 valence electrons. The summed E-state index contributed by atoms with van der Waals surface area (Å²) in [7, 11) is -4.68. The molecular weight excluding hydrogens is 307 g/mol. The number of alkyl halides is 3. The molecule has 0 spiro atoms. The van der Waals surface area contributed by atoms with E-state index in [4.69, 9.17) is 0 Å². The maximum atomic E-state index is 13.8. The first-order valence-corrected chi connectivity index (χ1v) is 7.78. The van der Waals surface area contributed by atoms with E-state index < -0.39 is 30.8 Å². The van der Waals surface area contributed by atoms with Crippen molar-refractivity contribution in [3.63, 3.8) is 0 Å². The summed E-state index contributed by atoms with van der Waals surface area (Å²) in [5, 5.41) is -0.396. The van der Waals surface area contributed by atoms with Crippen LogP contribution in [0.15, 0.2) is 48.5 Å². The van der Waals surface area contributed by atoms with Gasteiger partial charge in [0, 0.05) is 10.9 Å². The third kappa shape index (κ3) is 3.71. The van der Waals surface area contributed by atoms with Crippen LogP contribution in [0, 0.1) is 5.82 Å². The summed E-state index contributed by atoms with van der Waals surface area (Å²) < 4.78 is 63.2. The molecule has 0 radical (unpaired) electrons. The van der Waals surface area contributed by atoms with Crippen LogP contribution in [0.3, 0.4) is 0 Å². The Kier molecular flexibility index (Phi) is 4.21. The molecular formula is C14H11F4O2P. The summed E-state index contributed by atoms with van der Waals surface area (Å²) in [6.45, 7) is 0. The zero-order valence-electron chi connectivity index (χ0n) is 10.6. The van der Waals surface area contributed by atoms with Crippen molar-refractivity contribution in [2.45, 2.75) is 6.18 Å². The van der Waals surface area contributed by atoms with Crippen LogP contribution in [-0.4, -0.2) is 17.2 Å². The van der Waals surface area contributed by atoms with Gasteiger partial charge in [0.05, 0.1) is 0 Å². The van der Waals surface area contributed by atoms with E-state index in [-0.39, 0.29) is 11.1 Å². The highest BCUT2D eigenvalue weighted by molar-refractivity contribution is 7.66. The van der Waals surface area contributed by atoms with Crippen LogP contribution in [0.5, 0.6) is 0 Å². The van der Waals surface area contributed by atoms with E-state index in [1.165, 1.54) is 36.4 Å². The number of hydrogen-bond donors (Lipinski definition) is 1. The van der Waals surface area contributed by atoms with E-state index in [0.29, 0.717) is 0 Å². The Morgan fingerprint density at radius 3 is 2.05 bits per heavy atom. The van der Waals surface area contributed by atoms with Gasteiger partial charge in [-0.15, -0.1) is 0 Å². The minimum Gasteiger partial charge on any atom is -0.341 e. The second-order valence-electron chi connectivity index (χ2n) is 4.47. The summed E-state index contributed by atoms with van der Waals surface area (Å²) in [5.74, 6) is -0.669. The fraction of sp³-hybridized carbons (Fsp3) is 0.143. The van der Waals surface area contributed by atoms with Crippen molar-refractivity contribution >= 4 is 12.7 Å². The third-order valence-electron chi connectivity index (χ3n) is 2.84. The molecule has 0 aliphatic rings. The molecule has 21 heavy (non-hydrogen) atoms. The lowest BCUT2D eigenvalue weighted by atomic mass is 10.1. The topological polar surface area (TPSA) is 37.3 Å². The highest BCUT2D eigenvalue weighted by Gasteiger charge is 2.40.